The third-order valence-corrected chi connectivity index (χ3v) is 3.63. The second kappa shape index (κ2) is 5.06. The van der Waals surface area contributed by atoms with Crippen molar-refractivity contribution in [3.63, 3.8) is 0 Å². The maximum Gasteiger partial charge on any atom is 0.230 e. The molecule has 0 saturated heterocycles. The number of carbonyl (C=O) groups excluding carboxylic acids is 1. The Balaban J connectivity index is 2.11. The molecule has 3 nitrogen and oxygen atoms in total. The molecule has 0 aromatic heterocycles. The average molecular weight is 251 g/mol. The fraction of sp³-hybridized carbons (Fsp3) is 0.500. The van der Waals surface area contributed by atoms with Crippen LogP contribution in [-0.4, -0.2) is 23.7 Å². The van der Waals surface area contributed by atoms with E-state index in [-0.39, 0.29) is 24.4 Å². The van der Waals surface area contributed by atoms with E-state index in [9.17, 15) is 9.18 Å². The zero-order valence-electron chi connectivity index (χ0n) is 10.4. The van der Waals surface area contributed by atoms with Crippen molar-refractivity contribution in [2.75, 3.05) is 6.61 Å². The van der Waals surface area contributed by atoms with Crippen LogP contribution in [0.15, 0.2) is 24.3 Å². The van der Waals surface area contributed by atoms with Gasteiger partial charge in [-0.1, -0.05) is 19.1 Å². The van der Waals surface area contributed by atoms with Crippen LogP contribution in [0.4, 0.5) is 4.39 Å². The molecule has 1 aromatic carbocycles. The highest BCUT2D eigenvalue weighted by Crippen LogP contribution is 2.48. The third-order valence-electron chi connectivity index (χ3n) is 3.63. The minimum atomic E-state index is -0.504. The summed E-state index contributed by atoms with van der Waals surface area (Å²) in [6.45, 7) is 1.86. The molecule has 1 atom stereocenters. The standard InChI is InChI=1S/C14H18FNO2/c1-2-12(9-17)16-13(18)14(7-8-14)10-3-5-11(15)6-4-10/h3-6,12,17H,2,7-9H2,1H3,(H,16,18)/t12-/m0/s1. The molecular formula is C14H18FNO2. The minimum Gasteiger partial charge on any atom is -0.394 e. The fourth-order valence-electron chi connectivity index (χ4n) is 2.14. The number of halogens is 1. The van der Waals surface area contributed by atoms with Gasteiger partial charge in [0.25, 0.3) is 0 Å². The van der Waals surface area contributed by atoms with E-state index in [1.807, 2.05) is 6.92 Å². The van der Waals surface area contributed by atoms with Gasteiger partial charge in [0.1, 0.15) is 5.82 Å². The van der Waals surface area contributed by atoms with Crippen LogP contribution in [0.2, 0.25) is 0 Å². The Bertz CT molecular complexity index is 422. The first kappa shape index (κ1) is 13.0. The average Bonchev–Trinajstić information content (AvgIpc) is 3.18. The van der Waals surface area contributed by atoms with Gasteiger partial charge in [0.15, 0.2) is 0 Å². The maximum absolute atomic E-state index is 12.9. The first-order valence-corrected chi connectivity index (χ1v) is 6.30. The SMILES string of the molecule is CC[C@@H](CO)NC(=O)C1(c2ccc(F)cc2)CC1. The summed E-state index contributed by atoms with van der Waals surface area (Å²) in [7, 11) is 0. The summed E-state index contributed by atoms with van der Waals surface area (Å²) in [5.41, 5.74) is 0.352. The highest BCUT2D eigenvalue weighted by Gasteiger charge is 2.51. The monoisotopic (exact) mass is 251 g/mol. The quantitative estimate of drug-likeness (QED) is 0.837. The number of hydrogen-bond donors (Lipinski definition) is 2. The zero-order chi connectivity index (χ0) is 13.2. The van der Waals surface area contributed by atoms with Crippen LogP contribution in [0, 0.1) is 5.82 Å². The summed E-state index contributed by atoms with van der Waals surface area (Å²) >= 11 is 0. The smallest absolute Gasteiger partial charge is 0.230 e. The van der Waals surface area contributed by atoms with Crippen LogP contribution in [-0.2, 0) is 10.2 Å². The van der Waals surface area contributed by atoms with E-state index in [0.29, 0.717) is 6.42 Å². The molecule has 1 amide bonds. The van der Waals surface area contributed by atoms with E-state index in [2.05, 4.69) is 5.32 Å². The lowest BCUT2D eigenvalue weighted by atomic mass is 9.94. The van der Waals surface area contributed by atoms with Crippen molar-refractivity contribution >= 4 is 5.91 Å². The number of carbonyl (C=O) groups is 1. The summed E-state index contributed by atoms with van der Waals surface area (Å²) in [4.78, 5) is 12.2. The first-order valence-electron chi connectivity index (χ1n) is 6.30. The van der Waals surface area contributed by atoms with Gasteiger partial charge in [-0.25, -0.2) is 4.39 Å². The van der Waals surface area contributed by atoms with Gasteiger partial charge in [-0.05, 0) is 37.0 Å². The van der Waals surface area contributed by atoms with E-state index in [0.717, 1.165) is 18.4 Å². The molecule has 0 radical (unpaired) electrons. The summed E-state index contributed by atoms with van der Waals surface area (Å²) in [5.74, 6) is -0.355. The number of amides is 1. The van der Waals surface area contributed by atoms with Crippen LogP contribution >= 0.6 is 0 Å². The molecule has 1 aliphatic carbocycles. The van der Waals surface area contributed by atoms with Crippen LogP contribution in [0.1, 0.15) is 31.7 Å². The Morgan fingerprint density at radius 3 is 2.50 bits per heavy atom. The van der Waals surface area contributed by atoms with Gasteiger partial charge in [-0.2, -0.15) is 0 Å². The van der Waals surface area contributed by atoms with Crippen LogP contribution in [0.3, 0.4) is 0 Å². The Morgan fingerprint density at radius 2 is 2.06 bits per heavy atom. The fourth-order valence-corrected chi connectivity index (χ4v) is 2.14. The highest BCUT2D eigenvalue weighted by atomic mass is 19.1. The number of benzene rings is 1. The second-order valence-electron chi connectivity index (χ2n) is 4.85. The predicted molar refractivity (Wildman–Crippen MR) is 66.6 cm³/mol. The van der Waals surface area contributed by atoms with Crippen molar-refractivity contribution < 1.29 is 14.3 Å². The van der Waals surface area contributed by atoms with E-state index in [1.54, 1.807) is 12.1 Å². The van der Waals surface area contributed by atoms with Gasteiger partial charge < -0.3 is 10.4 Å². The summed E-state index contributed by atoms with van der Waals surface area (Å²) in [6.07, 6.45) is 2.26. The molecule has 0 bridgehead atoms. The van der Waals surface area contributed by atoms with Crippen LogP contribution < -0.4 is 5.32 Å². The number of aliphatic hydroxyl groups is 1. The number of hydrogen-bond acceptors (Lipinski definition) is 2. The lowest BCUT2D eigenvalue weighted by Gasteiger charge is -2.20. The van der Waals surface area contributed by atoms with Gasteiger partial charge >= 0.3 is 0 Å². The molecule has 2 N–H and O–H groups in total. The van der Waals surface area contributed by atoms with Gasteiger partial charge in [-0.15, -0.1) is 0 Å². The second-order valence-corrected chi connectivity index (χ2v) is 4.85. The summed E-state index contributed by atoms with van der Waals surface area (Å²) in [6, 6.07) is 5.90. The number of aliphatic hydroxyl groups excluding tert-OH is 1. The largest absolute Gasteiger partial charge is 0.394 e. The summed E-state index contributed by atoms with van der Waals surface area (Å²) < 4.78 is 12.9. The maximum atomic E-state index is 12.9. The highest BCUT2D eigenvalue weighted by molar-refractivity contribution is 5.91. The molecule has 18 heavy (non-hydrogen) atoms. The van der Waals surface area contributed by atoms with Gasteiger partial charge in [-0.3, -0.25) is 4.79 Å². The number of nitrogens with one attached hydrogen (secondary N) is 1. The summed E-state index contributed by atoms with van der Waals surface area (Å²) in [5, 5.41) is 12.0. The van der Waals surface area contributed by atoms with Crippen molar-refractivity contribution in [1.82, 2.24) is 5.32 Å². The molecule has 98 valence electrons. The van der Waals surface area contributed by atoms with Crippen molar-refractivity contribution in [3.8, 4) is 0 Å². The first-order chi connectivity index (χ1) is 8.62. The topological polar surface area (TPSA) is 49.3 Å². The Hall–Kier alpha value is -1.42. The molecule has 1 saturated carbocycles. The van der Waals surface area contributed by atoms with Crippen LogP contribution in [0.25, 0.3) is 0 Å². The molecule has 0 unspecified atom stereocenters. The molecule has 2 rings (SSSR count). The van der Waals surface area contributed by atoms with E-state index in [4.69, 9.17) is 5.11 Å². The van der Waals surface area contributed by atoms with Crippen molar-refractivity contribution in [1.29, 1.82) is 0 Å². The molecule has 1 aliphatic rings. The molecule has 0 aliphatic heterocycles. The zero-order valence-corrected chi connectivity index (χ0v) is 10.4. The van der Waals surface area contributed by atoms with E-state index < -0.39 is 5.41 Å². The van der Waals surface area contributed by atoms with Gasteiger partial charge in [0.2, 0.25) is 5.91 Å². The minimum absolute atomic E-state index is 0.0538. The number of rotatable bonds is 5. The molecular weight excluding hydrogens is 233 g/mol. The lowest BCUT2D eigenvalue weighted by molar-refractivity contribution is -0.124. The Labute approximate surface area is 106 Å². The Kier molecular flexibility index (Phi) is 3.66. The molecule has 1 aromatic rings. The predicted octanol–water partition coefficient (Wildman–Crippen LogP) is 1.74. The molecule has 1 fully saturated rings. The van der Waals surface area contributed by atoms with Crippen molar-refractivity contribution in [3.05, 3.63) is 35.6 Å². The molecule has 0 heterocycles. The van der Waals surface area contributed by atoms with E-state index >= 15 is 0 Å². The Morgan fingerprint density at radius 1 is 1.44 bits per heavy atom. The van der Waals surface area contributed by atoms with E-state index in [1.165, 1.54) is 12.1 Å². The van der Waals surface area contributed by atoms with Crippen LogP contribution in [0.5, 0.6) is 0 Å². The van der Waals surface area contributed by atoms with Crippen molar-refractivity contribution in [2.45, 2.75) is 37.6 Å². The molecule has 4 heteroatoms. The van der Waals surface area contributed by atoms with Crippen molar-refractivity contribution in [2.24, 2.45) is 0 Å². The van der Waals surface area contributed by atoms with Gasteiger partial charge in [0, 0.05) is 0 Å². The van der Waals surface area contributed by atoms with Gasteiger partial charge in [0.05, 0.1) is 18.1 Å². The molecule has 0 spiro atoms. The lowest BCUT2D eigenvalue weighted by Crippen LogP contribution is -2.43. The third kappa shape index (κ3) is 2.38. The normalized spacial score (nSPS) is 18.2.